The van der Waals surface area contributed by atoms with Crippen LogP contribution in [-0.2, 0) is 0 Å². The van der Waals surface area contributed by atoms with Crippen molar-refractivity contribution in [1.29, 1.82) is 0 Å². The summed E-state index contributed by atoms with van der Waals surface area (Å²) in [6.07, 6.45) is 0. The number of carbonyl (C=O) groups is 1. The Hall–Kier alpha value is -3.44. The second kappa shape index (κ2) is 7.43. The first-order chi connectivity index (χ1) is 13.2. The molecule has 0 aliphatic carbocycles. The fraction of sp³-hybridized carbons (Fsp3) is 0. The number of carbonyl (C=O) groups excluding carboxylic acids is 1. The summed E-state index contributed by atoms with van der Waals surface area (Å²) < 4.78 is 0. The molecule has 3 aromatic carbocycles. The Morgan fingerprint density at radius 2 is 1.56 bits per heavy atom. The Kier molecular flexibility index (Phi) is 4.68. The van der Waals surface area contributed by atoms with Gasteiger partial charge in [-0.15, -0.1) is 0 Å². The number of hydrazine groups is 1. The molecular weight excluding hydrogens is 360 g/mol. The molecule has 6 heteroatoms. The van der Waals surface area contributed by atoms with Gasteiger partial charge in [0.25, 0.3) is 5.91 Å². The molecule has 0 aliphatic rings. The van der Waals surface area contributed by atoms with E-state index in [2.05, 4.69) is 20.8 Å². The molecule has 1 aromatic heterocycles. The van der Waals surface area contributed by atoms with Crippen LogP contribution in [0.2, 0.25) is 5.02 Å². The normalized spacial score (nSPS) is 10.6. The van der Waals surface area contributed by atoms with Gasteiger partial charge in [0.1, 0.15) is 0 Å². The number of nitrogens with zero attached hydrogens (tertiary/aromatic N) is 2. The first-order valence-electron chi connectivity index (χ1n) is 8.35. The lowest BCUT2D eigenvalue weighted by Crippen LogP contribution is -2.30. The third-order valence-corrected chi connectivity index (χ3v) is 4.26. The molecule has 1 amide bonds. The van der Waals surface area contributed by atoms with Gasteiger partial charge in [-0.25, -0.2) is 9.97 Å². The van der Waals surface area contributed by atoms with E-state index in [0.717, 1.165) is 22.2 Å². The number of hydrogen-bond donors (Lipinski definition) is 2. The van der Waals surface area contributed by atoms with Crippen molar-refractivity contribution in [3.05, 3.63) is 89.4 Å². The fourth-order valence-electron chi connectivity index (χ4n) is 2.75. The number of hydrogen-bond acceptors (Lipinski definition) is 4. The summed E-state index contributed by atoms with van der Waals surface area (Å²) in [5.41, 5.74) is 8.37. The molecule has 5 nitrogen and oxygen atoms in total. The van der Waals surface area contributed by atoms with E-state index in [4.69, 9.17) is 11.6 Å². The zero-order chi connectivity index (χ0) is 18.6. The molecule has 0 aliphatic heterocycles. The van der Waals surface area contributed by atoms with Crippen molar-refractivity contribution < 1.29 is 4.79 Å². The highest BCUT2D eigenvalue weighted by molar-refractivity contribution is 6.31. The number of halogens is 1. The molecule has 0 unspecified atom stereocenters. The molecule has 0 atom stereocenters. The van der Waals surface area contributed by atoms with Gasteiger partial charge < -0.3 is 0 Å². The Labute approximate surface area is 161 Å². The smallest absolute Gasteiger partial charge is 0.267 e. The van der Waals surface area contributed by atoms with E-state index < -0.39 is 0 Å². The molecule has 2 N–H and O–H groups in total. The van der Waals surface area contributed by atoms with Crippen molar-refractivity contribution in [2.75, 3.05) is 5.43 Å². The van der Waals surface area contributed by atoms with Gasteiger partial charge in [-0.05, 0) is 30.3 Å². The Bertz CT molecular complexity index is 1100. The molecule has 0 saturated heterocycles. The topological polar surface area (TPSA) is 66.9 Å². The third-order valence-electron chi connectivity index (χ3n) is 4.03. The van der Waals surface area contributed by atoms with Crippen LogP contribution < -0.4 is 10.9 Å². The van der Waals surface area contributed by atoms with Crippen LogP contribution >= 0.6 is 11.6 Å². The highest BCUT2D eigenvalue weighted by Crippen LogP contribution is 2.29. The summed E-state index contributed by atoms with van der Waals surface area (Å²) in [6.45, 7) is 0. The largest absolute Gasteiger partial charge is 0.269 e. The summed E-state index contributed by atoms with van der Waals surface area (Å²) in [5.74, 6) is 0.0321. The van der Waals surface area contributed by atoms with E-state index in [1.807, 2.05) is 48.5 Å². The first kappa shape index (κ1) is 17.0. The first-order valence-corrected chi connectivity index (χ1v) is 8.72. The highest BCUT2D eigenvalue weighted by Gasteiger charge is 2.11. The molecule has 1 heterocycles. The lowest BCUT2D eigenvalue weighted by atomic mass is 10.1. The van der Waals surface area contributed by atoms with Crippen molar-refractivity contribution in [3.8, 4) is 11.3 Å². The van der Waals surface area contributed by atoms with Gasteiger partial charge in [0.15, 0.2) is 0 Å². The molecule has 0 bridgehead atoms. The SMILES string of the molecule is O=C(NNc1nc(-c2ccccc2)c2cc(Cl)ccc2n1)c1ccccc1. The standard InChI is InChI=1S/C21H15ClN4O/c22-16-11-12-18-17(13-16)19(14-7-3-1-4-8-14)24-21(23-18)26-25-20(27)15-9-5-2-6-10-15/h1-13H,(H,25,27)(H,23,24,26). The van der Waals surface area contributed by atoms with E-state index in [1.165, 1.54) is 0 Å². The molecular formula is C21H15ClN4O. The number of nitrogens with one attached hydrogen (secondary N) is 2. The number of fused-ring (bicyclic) bond motifs is 1. The fourth-order valence-corrected chi connectivity index (χ4v) is 2.92. The Morgan fingerprint density at radius 3 is 2.30 bits per heavy atom. The second-order valence-corrected chi connectivity index (χ2v) is 6.30. The maximum Gasteiger partial charge on any atom is 0.269 e. The molecule has 132 valence electrons. The van der Waals surface area contributed by atoms with E-state index in [1.54, 1.807) is 30.3 Å². The van der Waals surface area contributed by atoms with Gasteiger partial charge in [-0.3, -0.25) is 15.6 Å². The number of amides is 1. The van der Waals surface area contributed by atoms with Gasteiger partial charge in [0.2, 0.25) is 5.95 Å². The van der Waals surface area contributed by atoms with Crippen LogP contribution in [0.5, 0.6) is 0 Å². The summed E-state index contributed by atoms with van der Waals surface area (Å²) in [7, 11) is 0. The number of anilines is 1. The van der Waals surface area contributed by atoms with Crippen molar-refractivity contribution in [3.63, 3.8) is 0 Å². The van der Waals surface area contributed by atoms with Gasteiger partial charge in [-0.1, -0.05) is 60.1 Å². The van der Waals surface area contributed by atoms with Crippen molar-refractivity contribution >= 4 is 34.4 Å². The van der Waals surface area contributed by atoms with Crippen molar-refractivity contribution in [1.82, 2.24) is 15.4 Å². The number of rotatable bonds is 4. The minimum atomic E-state index is -0.267. The van der Waals surface area contributed by atoms with Gasteiger partial charge in [0.05, 0.1) is 11.2 Å². The molecule has 0 spiro atoms. The van der Waals surface area contributed by atoms with Gasteiger partial charge in [0, 0.05) is 21.5 Å². The Balaban J connectivity index is 1.69. The van der Waals surface area contributed by atoms with Crippen LogP contribution in [0.15, 0.2) is 78.9 Å². The summed E-state index contributed by atoms with van der Waals surface area (Å²) in [6, 6.07) is 24.1. The maximum absolute atomic E-state index is 12.2. The van der Waals surface area contributed by atoms with Crippen LogP contribution in [-0.4, -0.2) is 15.9 Å². The lowest BCUT2D eigenvalue weighted by Gasteiger charge is -2.11. The maximum atomic E-state index is 12.2. The van der Waals surface area contributed by atoms with E-state index in [0.29, 0.717) is 16.5 Å². The molecule has 4 aromatic rings. The molecule has 4 rings (SSSR count). The lowest BCUT2D eigenvalue weighted by molar-refractivity contribution is 0.0962. The minimum Gasteiger partial charge on any atom is -0.267 e. The van der Waals surface area contributed by atoms with Crippen molar-refractivity contribution in [2.45, 2.75) is 0 Å². The van der Waals surface area contributed by atoms with E-state index in [9.17, 15) is 4.79 Å². The molecule has 27 heavy (non-hydrogen) atoms. The Morgan fingerprint density at radius 1 is 0.852 bits per heavy atom. The summed E-state index contributed by atoms with van der Waals surface area (Å²) in [5, 5.41) is 1.45. The van der Waals surface area contributed by atoms with Gasteiger partial charge in [-0.2, -0.15) is 0 Å². The monoisotopic (exact) mass is 374 g/mol. The van der Waals surface area contributed by atoms with Gasteiger partial charge >= 0.3 is 0 Å². The zero-order valence-corrected chi connectivity index (χ0v) is 14.9. The second-order valence-electron chi connectivity index (χ2n) is 5.87. The number of benzene rings is 3. The predicted molar refractivity (Wildman–Crippen MR) is 108 cm³/mol. The zero-order valence-electron chi connectivity index (χ0n) is 14.2. The summed E-state index contributed by atoms with van der Waals surface area (Å²) >= 11 is 6.16. The summed E-state index contributed by atoms with van der Waals surface area (Å²) in [4.78, 5) is 21.3. The molecule has 0 radical (unpaired) electrons. The van der Waals surface area contributed by atoms with Crippen LogP contribution in [0.4, 0.5) is 5.95 Å². The van der Waals surface area contributed by atoms with Crippen LogP contribution in [0, 0.1) is 0 Å². The van der Waals surface area contributed by atoms with Crippen LogP contribution in [0.25, 0.3) is 22.2 Å². The van der Waals surface area contributed by atoms with E-state index >= 15 is 0 Å². The molecule has 0 saturated carbocycles. The quantitative estimate of drug-likeness (QED) is 0.508. The van der Waals surface area contributed by atoms with Crippen LogP contribution in [0.1, 0.15) is 10.4 Å². The predicted octanol–water partition coefficient (Wildman–Crippen LogP) is 4.71. The average Bonchev–Trinajstić information content (AvgIpc) is 2.73. The minimum absolute atomic E-state index is 0.267. The van der Waals surface area contributed by atoms with E-state index in [-0.39, 0.29) is 5.91 Å². The van der Waals surface area contributed by atoms with Crippen molar-refractivity contribution in [2.24, 2.45) is 0 Å². The van der Waals surface area contributed by atoms with Crippen LogP contribution in [0.3, 0.4) is 0 Å². The third kappa shape index (κ3) is 3.73. The highest BCUT2D eigenvalue weighted by atomic mass is 35.5. The molecule has 0 fully saturated rings. The average molecular weight is 375 g/mol. The number of aromatic nitrogens is 2.